The maximum Gasteiger partial charge on any atom is 0.397 e. The van der Waals surface area contributed by atoms with Crippen LogP contribution in [0.1, 0.15) is 412 Å². The molecule has 0 aliphatic carbocycles. The number of aliphatic hydroxyl groups is 4. The van der Waals surface area contributed by atoms with Crippen molar-refractivity contribution in [1.29, 1.82) is 0 Å². The van der Waals surface area contributed by atoms with Gasteiger partial charge in [-0.25, -0.2) is 4.18 Å². The summed E-state index contributed by atoms with van der Waals surface area (Å²) in [7, 11) is -5.09. The Hall–Kier alpha value is -1.42. The highest BCUT2D eigenvalue weighted by Gasteiger charge is 2.48. The Labute approximate surface area is 563 Å². The molecular weight excluding hydrogens is 1160 g/mol. The molecule has 91 heavy (non-hydrogen) atoms. The minimum Gasteiger partial charge on any atom is -0.394 e. The van der Waals surface area contributed by atoms with Crippen LogP contribution in [0, 0.1) is 0 Å². The normalized spacial score (nSPS) is 17.9. The van der Waals surface area contributed by atoms with Gasteiger partial charge in [-0.15, -0.1) is 0 Å². The van der Waals surface area contributed by atoms with Gasteiger partial charge in [0, 0.05) is 6.42 Å². The second-order valence-corrected chi connectivity index (χ2v) is 29.1. The van der Waals surface area contributed by atoms with E-state index in [-0.39, 0.29) is 12.5 Å². The molecule has 6 N–H and O–H groups in total. The van der Waals surface area contributed by atoms with Gasteiger partial charge in [0.05, 0.1) is 25.4 Å². The molecule has 1 aliphatic rings. The molecule has 1 heterocycles. The van der Waals surface area contributed by atoms with Crippen LogP contribution < -0.4 is 5.32 Å². The molecular formula is C78H151NO11S. The van der Waals surface area contributed by atoms with E-state index in [0.717, 1.165) is 57.8 Å². The maximum atomic E-state index is 13.3. The van der Waals surface area contributed by atoms with E-state index in [2.05, 4.69) is 47.7 Å². The molecule has 12 nitrogen and oxygen atoms in total. The van der Waals surface area contributed by atoms with E-state index < -0.39 is 59.9 Å². The third kappa shape index (κ3) is 58.5. The van der Waals surface area contributed by atoms with E-state index in [1.165, 1.54) is 327 Å². The van der Waals surface area contributed by atoms with Crippen molar-refractivity contribution in [3.8, 4) is 0 Å². The molecule has 1 aliphatic heterocycles. The van der Waals surface area contributed by atoms with E-state index in [1.807, 2.05) is 0 Å². The Kier molecular flexibility index (Phi) is 64.6. The first-order chi connectivity index (χ1) is 44.5. The second kappa shape index (κ2) is 67.2. The summed E-state index contributed by atoms with van der Waals surface area (Å²) in [5.41, 5.74) is 0. The summed E-state index contributed by atoms with van der Waals surface area (Å²) in [6, 6.07) is -0.859. The van der Waals surface area contributed by atoms with Gasteiger partial charge in [-0.05, 0) is 44.9 Å². The third-order valence-electron chi connectivity index (χ3n) is 19.3. The van der Waals surface area contributed by atoms with Crippen molar-refractivity contribution in [3.05, 3.63) is 24.3 Å². The van der Waals surface area contributed by atoms with Gasteiger partial charge in [-0.1, -0.05) is 385 Å². The first-order valence-corrected chi connectivity index (χ1v) is 41.1. The summed E-state index contributed by atoms with van der Waals surface area (Å²) >= 11 is 0. The fourth-order valence-corrected chi connectivity index (χ4v) is 13.7. The van der Waals surface area contributed by atoms with Crippen molar-refractivity contribution < 1.29 is 51.8 Å². The molecule has 1 fully saturated rings. The number of nitrogens with one attached hydrogen (secondary N) is 1. The predicted octanol–water partition coefficient (Wildman–Crippen LogP) is 21.8. The second-order valence-electron chi connectivity index (χ2n) is 28.0. The van der Waals surface area contributed by atoms with E-state index >= 15 is 0 Å². The predicted molar refractivity (Wildman–Crippen MR) is 384 cm³/mol. The lowest BCUT2D eigenvalue weighted by Gasteiger charge is -2.41. The number of carbonyl (C=O) groups is 1. The van der Waals surface area contributed by atoms with Gasteiger partial charge in [0.1, 0.15) is 24.4 Å². The molecule has 1 saturated heterocycles. The SMILES string of the molecule is CCCCCCCCCCCCCCCCC/C=C\C/C=C\CCCCCCCCCCCCCCCCCCCC(=O)NC(COC1OC(CO)C(O)C(OS(=O)(=O)O)C1O)C(O)CCCCCCCCCCCCCCCCCCCCCCCCCCC. The largest absolute Gasteiger partial charge is 0.397 e. The number of carbonyl (C=O) groups excluding carboxylic acids is 1. The lowest BCUT2D eigenvalue weighted by Crippen LogP contribution is -2.61. The number of unbranched alkanes of at least 4 members (excludes halogenated alkanes) is 56. The Bertz CT molecular complexity index is 1680. The van der Waals surface area contributed by atoms with Gasteiger partial charge >= 0.3 is 10.4 Å². The van der Waals surface area contributed by atoms with E-state index in [4.69, 9.17) is 9.47 Å². The molecule has 0 aromatic carbocycles. The van der Waals surface area contributed by atoms with Crippen LogP contribution in [-0.2, 0) is 28.9 Å². The fraction of sp³-hybridized carbons (Fsp3) is 0.936. The molecule has 1 amide bonds. The average molecular weight is 1310 g/mol. The molecule has 1 rings (SSSR count). The third-order valence-corrected chi connectivity index (χ3v) is 19.7. The Morgan fingerprint density at radius 1 is 0.440 bits per heavy atom. The lowest BCUT2D eigenvalue weighted by atomic mass is 9.99. The fourth-order valence-electron chi connectivity index (χ4n) is 13.2. The Morgan fingerprint density at radius 2 is 0.736 bits per heavy atom. The number of hydrogen-bond acceptors (Lipinski definition) is 10. The zero-order valence-electron chi connectivity index (χ0n) is 59.7. The highest BCUT2D eigenvalue weighted by atomic mass is 32.3. The summed E-state index contributed by atoms with van der Waals surface area (Å²) in [4.78, 5) is 13.3. The van der Waals surface area contributed by atoms with Crippen LogP contribution >= 0.6 is 0 Å². The molecule has 0 spiro atoms. The van der Waals surface area contributed by atoms with Crippen molar-refractivity contribution in [2.24, 2.45) is 0 Å². The number of ether oxygens (including phenoxy) is 2. The highest BCUT2D eigenvalue weighted by molar-refractivity contribution is 7.80. The number of hydrogen-bond donors (Lipinski definition) is 6. The number of rotatable bonds is 72. The summed E-state index contributed by atoms with van der Waals surface area (Å²) in [6.07, 6.45) is 79.6. The summed E-state index contributed by atoms with van der Waals surface area (Å²) < 4.78 is 48.2. The van der Waals surface area contributed by atoms with E-state index in [1.54, 1.807) is 0 Å². The van der Waals surface area contributed by atoms with Gasteiger partial charge in [-0.3, -0.25) is 9.35 Å². The van der Waals surface area contributed by atoms with Crippen molar-refractivity contribution in [2.75, 3.05) is 13.2 Å². The van der Waals surface area contributed by atoms with E-state index in [9.17, 15) is 38.2 Å². The van der Waals surface area contributed by atoms with E-state index in [0.29, 0.717) is 12.8 Å². The zero-order valence-corrected chi connectivity index (χ0v) is 60.5. The molecule has 7 unspecified atom stereocenters. The van der Waals surface area contributed by atoms with Crippen LogP contribution in [0.3, 0.4) is 0 Å². The molecule has 0 aromatic rings. The average Bonchev–Trinajstić information content (AvgIpc) is 1.72. The molecule has 0 radical (unpaired) electrons. The van der Waals surface area contributed by atoms with Crippen LogP contribution in [0.2, 0.25) is 0 Å². The Balaban J connectivity index is 2.15. The monoisotopic (exact) mass is 1310 g/mol. The van der Waals surface area contributed by atoms with Crippen LogP contribution in [-0.4, -0.2) is 95.4 Å². The van der Waals surface area contributed by atoms with Crippen LogP contribution in [0.4, 0.5) is 0 Å². The van der Waals surface area contributed by atoms with Gasteiger partial charge in [0.25, 0.3) is 0 Å². The first kappa shape index (κ1) is 87.6. The van der Waals surface area contributed by atoms with Crippen LogP contribution in [0.15, 0.2) is 24.3 Å². The summed E-state index contributed by atoms with van der Waals surface area (Å²) in [6.45, 7) is 3.54. The Morgan fingerprint density at radius 3 is 1.04 bits per heavy atom. The molecule has 0 saturated carbocycles. The number of amides is 1. The first-order valence-electron chi connectivity index (χ1n) is 39.7. The van der Waals surface area contributed by atoms with Crippen molar-refractivity contribution in [3.63, 3.8) is 0 Å². The highest BCUT2D eigenvalue weighted by Crippen LogP contribution is 2.27. The number of aliphatic hydroxyl groups excluding tert-OH is 4. The van der Waals surface area contributed by atoms with Crippen molar-refractivity contribution >= 4 is 16.3 Å². The van der Waals surface area contributed by atoms with Crippen molar-refractivity contribution in [1.82, 2.24) is 5.32 Å². The minimum absolute atomic E-state index is 0.221. The molecule has 0 aromatic heterocycles. The van der Waals surface area contributed by atoms with Crippen LogP contribution in [0.5, 0.6) is 0 Å². The maximum absolute atomic E-state index is 13.3. The molecule has 0 bridgehead atoms. The minimum atomic E-state index is -5.09. The summed E-state index contributed by atoms with van der Waals surface area (Å²) in [5.74, 6) is -0.221. The van der Waals surface area contributed by atoms with Gasteiger partial charge in [0.2, 0.25) is 5.91 Å². The molecule has 7 atom stereocenters. The number of allylic oxidation sites excluding steroid dienone is 4. The van der Waals surface area contributed by atoms with Gasteiger partial charge < -0.3 is 35.2 Å². The van der Waals surface area contributed by atoms with Gasteiger partial charge in [-0.2, -0.15) is 8.42 Å². The zero-order chi connectivity index (χ0) is 66.0. The summed E-state index contributed by atoms with van der Waals surface area (Å²) in [5, 5.41) is 45.4. The molecule has 13 heteroatoms. The lowest BCUT2D eigenvalue weighted by molar-refractivity contribution is -0.298. The quantitative estimate of drug-likeness (QED) is 0.0193. The standard InChI is InChI=1S/C78H151NO11S/c1-3-5-7-9-11-13-15-17-19-21-23-25-27-29-30-31-32-33-34-35-36-37-38-39-40-41-42-44-46-48-50-52-54-56-58-60-62-64-66-68-74(82)79-71(70-88-78-76(84)77(90-91(85,86)87)75(83)73(69-80)89-78)72(81)67-65-63-61-59-57-55-53-51-49-47-45-43-28-26-24-22-20-18-16-14-12-10-8-6-4-2/h32-33,35-36,71-73,75-78,80-81,83-84H,3-31,34,37-70H2,1-2H3,(H,79,82)(H,85,86,87)/b33-32-,36-35-. The topological polar surface area (TPSA) is 192 Å². The smallest absolute Gasteiger partial charge is 0.394 e. The van der Waals surface area contributed by atoms with Crippen LogP contribution in [0.25, 0.3) is 0 Å². The van der Waals surface area contributed by atoms with Gasteiger partial charge in [0.15, 0.2) is 6.29 Å². The molecule has 540 valence electrons. The van der Waals surface area contributed by atoms with Crippen molar-refractivity contribution in [2.45, 2.75) is 455 Å².